The second kappa shape index (κ2) is 8.20. The number of hydrogen-bond donors (Lipinski definition) is 4. The summed E-state index contributed by atoms with van der Waals surface area (Å²) in [6.45, 7) is 4.24. The van der Waals surface area contributed by atoms with Gasteiger partial charge in [0.15, 0.2) is 5.82 Å². The zero-order valence-corrected chi connectivity index (χ0v) is 15.3. The maximum absolute atomic E-state index is 5.63. The number of benzene rings is 1. The number of hydrogen-bond acceptors (Lipinski definition) is 6. The molecule has 7 heteroatoms. The minimum absolute atomic E-state index is 0.0702. The highest BCUT2D eigenvalue weighted by Crippen LogP contribution is 2.15. The van der Waals surface area contributed by atoms with Gasteiger partial charge in [-0.2, -0.15) is 5.10 Å². The standard InChI is InChI=1S/C20H24N6O/c1-14-11-20(26-25-14)24-19-12-16(17-13-27-10-9-21-17)22-18(23-19)8-7-15-5-3-2-4-6-15/h2-8,11-12,16-17,21H,9-10,13H2,1H3,(H,22,23)(H2,24,25,26)/b8-7+. The number of aromatic nitrogens is 2. The molecule has 0 radical (unpaired) electrons. The van der Waals surface area contributed by atoms with Crippen molar-refractivity contribution in [2.75, 3.05) is 25.1 Å². The van der Waals surface area contributed by atoms with E-state index in [-0.39, 0.29) is 12.1 Å². The molecular formula is C20H24N6O. The van der Waals surface area contributed by atoms with Gasteiger partial charge >= 0.3 is 0 Å². The molecular weight excluding hydrogens is 340 g/mol. The largest absolute Gasteiger partial charge is 0.378 e. The quantitative estimate of drug-likeness (QED) is 0.652. The van der Waals surface area contributed by atoms with Gasteiger partial charge in [0.2, 0.25) is 0 Å². The van der Waals surface area contributed by atoms with E-state index in [1.807, 2.05) is 37.3 Å². The van der Waals surface area contributed by atoms with Crippen LogP contribution in [0.4, 0.5) is 5.82 Å². The van der Waals surface area contributed by atoms with E-state index in [2.05, 4.69) is 50.4 Å². The van der Waals surface area contributed by atoms with E-state index in [4.69, 9.17) is 9.73 Å². The molecule has 140 valence electrons. The van der Waals surface area contributed by atoms with Gasteiger partial charge in [-0.15, -0.1) is 0 Å². The summed E-state index contributed by atoms with van der Waals surface area (Å²) in [6, 6.07) is 12.4. The average Bonchev–Trinajstić information content (AvgIpc) is 3.12. The van der Waals surface area contributed by atoms with Gasteiger partial charge in [-0.3, -0.25) is 5.10 Å². The number of nitrogens with one attached hydrogen (secondary N) is 4. The Morgan fingerprint density at radius 2 is 2.11 bits per heavy atom. The van der Waals surface area contributed by atoms with E-state index in [1.165, 1.54) is 0 Å². The summed E-state index contributed by atoms with van der Waals surface area (Å²) in [4.78, 5) is 4.69. The topological polar surface area (TPSA) is 86.4 Å². The van der Waals surface area contributed by atoms with Crippen molar-refractivity contribution in [2.45, 2.75) is 19.0 Å². The molecule has 2 aliphatic heterocycles. The molecule has 27 heavy (non-hydrogen) atoms. The maximum atomic E-state index is 5.63. The summed E-state index contributed by atoms with van der Waals surface area (Å²) in [6.07, 6.45) is 6.13. The molecule has 1 aromatic heterocycles. The SMILES string of the molecule is Cc1cc(NC2=CC(C3COCCN3)NC(/C=C/c3ccccc3)=N2)n[nH]1. The van der Waals surface area contributed by atoms with E-state index in [9.17, 15) is 0 Å². The molecule has 2 aliphatic rings. The number of aromatic amines is 1. The van der Waals surface area contributed by atoms with Crippen molar-refractivity contribution in [3.8, 4) is 0 Å². The first kappa shape index (κ1) is 17.5. The van der Waals surface area contributed by atoms with Gasteiger partial charge in [-0.25, -0.2) is 4.99 Å². The van der Waals surface area contributed by atoms with Crippen LogP contribution in [-0.2, 0) is 4.74 Å². The van der Waals surface area contributed by atoms with Crippen molar-refractivity contribution in [1.29, 1.82) is 0 Å². The van der Waals surface area contributed by atoms with Crippen molar-refractivity contribution in [3.05, 3.63) is 65.6 Å². The van der Waals surface area contributed by atoms with Crippen LogP contribution in [-0.4, -0.2) is 47.9 Å². The lowest BCUT2D eigenvalue weighted by Gasteiger charge is -2.32. The first-order valence-corrected chi connectivity index (χ1v) is 9.16. The number of nitrogens with zero attached hydrogens (tertiary/aromatic N) is 2. The molecule has 4 N–H and O–H groups in total. The Labute approximate surface area is 158 Å². The molecule has 7 nitrogen and oxygen atoms in total. The molecule has 4 rings (SSSR count). The normalized spacial score (nSPS) is 22.9. The molecule has 1 saturated heterocycles. The van der Waals surface area contributed by atoms with Gasteiger partial charge in [0.05, 0.1) is 25.3 Å². The summed E-state index contributed by atoms with van der Waals surface area (Å²) >= 11 is 0. The molecule has 1 fully saturated rings. The maximum Gasteiger partial charge on any atom is 0.153 e. The van der Waals surface area contributed by atoms with Gasteiger partial charge in [-0.1, -0.05) is 36.4 Å². The second-order valence-electron chi connectivity index (χ2n) is 6.66. The third kappa shape index (κ3) is 4.64. The van der Waals surface area contributed by atoms with E-state index >= 15 is 0 Å². The number of aryl methyl sites for hydroxylation is 1. The predicted molar refractivity (Wildman–Crippen MR) is 107 cm³/mol. The van der Waals surface area contributed by atoms with Crippen molar-refractivity contribution < 1.29 is 4.74 Å². The van der Waals surface area contributed by atoms with Crippen LogP contribution < -0.4 is 16.0 Å². The highest BCUT2D eigenvalue weighted by molar-refractivity contribution is 5.98. The minimum atomic E-state index is 0.0702. The summed E-state index contributed by atoms with van der Waals surface area (Å²) in [7, 11) is 0. The van der Waals surface area contributed by atoms with Gasteiger partial charge in [0, 0.05) is 18.3 Å². The van der Waals surface area contributed by atoms with Crippen molar-refractivity contribution in [3.63, 3.8) is 0 Å². The molecule has 1 aromatic carbocycles. The molecule has 2 atom stereocenters. The molecule has 2 aromatic rings. The fourth-order valence-corrected chi connectivity index (χ4v) is 3.12. The number of ether oxygens (including phenoxy) is 1. The van der Waals surface area contributed by atoms with Gasteiger partial charge < -0.3 is 20.7 Å². The second-order valence-corrected chi connectivity index (χ2v) is 6.66. The summed E-state index contributed by atoms with van der Waals surface area (Å²) < 4.78 is 5.63. The lowest BCUT2D eigenvalue weighted by molar-refractivity contribution is 0.0710. The summed E-state index contributed by atoms with van der Waals surface area (Å²) in [5.41, 5.74) is 2.13. The van der Waals surface area contributed by atoms with Gasteiger partial charge in [0.25, 0.3) is 0 Å². The lowest BCUT2D eigenvalue weighted by atomic mass is 10.1. The number of rotatable bonds is 5. The Balaban J connectivity index is 1.55. The third-order valence-corrected chi connectivity index (χ3v) is 4.47. The Morgan fingerprint density at radius 1 is 1.22 bits per heavy atom. The average molecular weight is 364 g/mol. The van der Waals surface area contributed by atoms with Crippen LogP contribution in [0, 0.1) is 6.92 Å². The zero-order valence-electron chi connectivity index (χ0n) is 15.3. The van der Waals surface area contributed by atoms with Crippen LogP contribution in [0.1, 0.15) is 11.3 Å². The smallest absolute Gasteiger partial charge is 0.153 e. The molecule has 3 heterocycles. The number of aliphatic imine (C=N–C) groups is 1. The van der Waals surface area contributed by atoms with E-state index in [1.54, 1.807) is 0 Å². The molecule has 0 saturated carbocycles. The monoisotopic (exact) mass is 364 g/mol. The third-order valence-electron chi connectivity index (χ3n) is 4.47. The molecule has 0 amide bonds. The van der Waals surface area contributed by atoms with E-state index < -0.39 is 0 Å². The van der Waals surface area contributed by atoms with E-state index in [0.29, 0.717) is 6.61 Å². The van der Waals surface area contributed by atoms with Crippen LogP contribution >= 0.6 is 0 Å². The molecule has 2 unspecified atom stereocenters. The highest BCUT2D eigenvalue weighted by atomic mass is 16.5. The summed E-state index contributed by atoms with van der Waals surface area (Å²) in [5, 5.41) is 17.5. The number of morpholine rings is 1. The van der Waals surface area contributed by atoms with Gasteiger partial charge in [-0.05, 0) is 24.6 Å². The number of anilines is 1. The number of H-pyrrole nitrogens is 1. The van der Waals surface area contributed by atoms with Crippen molar-refractivity contribution in [1.82, 2.24) is 20.8 Å². The fraction of sp³-hybridized carbons (Fsp3) is 0.300. The molecule has 0 aliphatic carbocycles. The first-order chi connectivity index (χ1) is 13.3. The Bertz CT molecular complexity index is 848. The fourth-order valence-electron chi connectivity index (χ4n) is 3.12. The van der Waals surface area contributed by atoms with Crippen molar-refractivity contribution >= 4 is 17.7 Å². The zero-order chi connectivity index (χ0) is 18.5. The van der Waals surface area contributed by atoms with Crippen molar-refractivity contribution in [2.24, 2.45) is 4.99 Å². The minimum Gasteiger partial charge on any atom is -0.378 e. The van der Waals surface area contributed by atoms with Crippen LogP contribution in [0.15, 0.2) is 59.4 Å². The van der Waals surface area contributed by atoms with Crippen LogP contribution in [0.25, 0.3) is 6.08 Å². The van der Waals surface area contributed by atoms with Crippen LogP contribution in [0.2, 0.25) is 0 Å². The number of amidine groups is 1. The molecule has 0 bridgehead atoms. The van der Waals surface area contributed by atoms with E-state index in [0.717, 1.165) is 41.9 Å². The Morgan fingerprint density at radius 3 is 2.85 bits per heavy atom. The van der Waals surface area contributed by atoms with Crippen LogP contribution in [0.3, 0.4) is 0 Å². The lowest BCUT2D eigenvalue weighted by Crippen LogP contribution is -2.55. The predicted octanol–water partition coefficient (Wildman–Crippen LogP) is 2.04. The molecule has 0 spiro atoms. The Hall–Kier alpha value is -2.90. The Kier molecular flexibility index (Phi) is 5.32. The van der Waals surface area contributed by atoms with Gasteiger partial charge in [0.1, 0.15) is 11.7 Å². The highest BCUT2D eigenvalue weighted by Gasteiger charge is 2.25. The summed E-state index contributed by atoms with van der Waals surface area (Å²) in [5.74, 6) is 2.32. The van der Waals surface area contributed by atoms with Crippen LogP contribution in [0.5, 0.6) is 0 Å². The first-order valence-electron chi connectivity index (χ1n) is 9.16.